The Morgan fingerprint density at radius 1 is 1.31 bits per heavy atom. The third-order valence-electron chi connectivity index (χ3n) is 3.07. The van der Waals surface area contributed by atoms with Crippen molar-refractivity contribution in [3.63, 3.8) is 0 Å². The zero-order chi connectivity index (χ0) is 11.1. The Morgan fingerprint density at radius 3 is 2.94 bits per heavy atom. The number of nitrogens with zero attached hydrogens (tertiary/aromatic N) is 1. The minimum atomic E-state index is 0.342. The predicted octanol–water partition coefficient (Wildman–Crippen LogP) is 3.07. The summed E-state index contributed by atoms with van der Waals surface area (Å²) < 4.78 is 4.86. The van der Waals surface area contributed by atoms with Crippen LogP contribution in [0.25, 0.3) is 11.1 Å². The second-order valence-electron chi connectivity index (χ2n) is 4.05. The lowest BCUT2D eigenvalue weighted by molar-refractivity contribution is 0.436. The molecule has 0 saturated heterocycles. The summed E-state index contributed by atoms with van der Waals surface area (Å²) in [5, 5.41) is 4.50. The second-order valence-corrected chi connectivity index (χ2v) is 4.46. The van der Waals surface area contributed by atoms with E-state index in [-0.39, 0.29) is 0 Å². The molecule has 2 N–H and O–H groups in total. The molecular formula is C12H11ClN2O. The van der Waals surface area contributed by atoms with Crippen LogP contribution in [0.2, 0.25) is 5.02 Å². The Morgan fingerprint density at radius 2 is 2.19 bits per heavy atom. The molecule has 0 atom stereocenters. The maximum Gasteiger partial charge on any atom is 0.229 e. The number of nitrogen functional groups attached to an aromatic ring is 1. The van der Waals surface area contributed by atoms with Crippen molar-refractivity contribution < 1.29 is 4.52 Å². The van der Waals surface area contributed by atoms with Gasteiger partial charge in [0.05, 0.1) is 11.8 Å². The Balaban J connectivity index is 2.17. The van der Waals surface area contributed by atoms with Crippen LogP contribution in [0.5, 0.6) is 0 Å². The standard InChI is InChI=1S/C12H11ClN2O/c13-11-5-8(10-6-15-16-12(10)14)4-7-2-1-3-9(7)11/h4-6H,1-3,14H2. The van der Waals surface area contributed by atoms with Crippen molar-refractivity contribution in [3.8, 4) is 11.1 Å². The van der Waals surface area contributed by atoms with Crippen molar-refractivity contribution in [2.24, 2.45) is 0 Å². The normalized spacial score (nSPS) is 14.1. The number of rotatable bonds is 1. The summed E-state index contributed by atoms with van der Waals surface area (Å²) in [4.78, 5) is 0. The summed E-state index contributed by atoms with van der Waals surface area (Å²) in [5.74, 6) is 0.342. The van der Waals surface area contributed by atoms with Crippen LogP contribution in [0.15, 0.2) is 22.9 Å². The Labute approximate surface area is 98.2 Å². The molecule has 0 radical (unpaired) electrons. The van der Waals surface area contributed by atoms with Crippen LogP contribution in [0.3, 0.4) is 0 Å². The maximum absolute atomic E-state index is 6.25. The van der Waals surface area contributed by atoms with Gasteiger partial charge in [0, 0.05) is 5.02 Å². The molecule has 0 unspecified atom stereocenters. The molecule has 0 bridgehead atoms. The number of fused-ring (bicyclic) bond motifs is 1. The number of hydrogen-bond donors (Lipinski definition) is 1. The lowest BCUT2D eigenvalue weighted by Crippen LogP contribution is -1.89. The third-order valence-corrected chi connectivity index (χ3v) is 3.41. The van der Waals surface area contributed by atoms with Crippen LogP contribution < -0.4 is 5.73 Å². The van der Waals surface area contributed by atoms with Crippen molar-refractivity contribution >= 4 is 17.5 Å². The van der Waals surface area contributed by atoms with E-state index in [2.05, 4.69) is 11.2 Å². The number of aryl methyl sites for hydroxylation is 1. The van der Waals surface area contributed by atoms with Crippen LogP contribution in [-0.4, -0.2) is 5.16 Å². The third kappa shape index (κ3) is 1.39. The number of anilines is 1. The van der Waals surface area contributed by atoms with Gasteiger partial charge < -0.3 is 10.3 Å². The second kappa shape index (κ2) is 3.52. The first-order valence-electron chi connectivity index (χ1n) is 5.27. The van der Waals surface area contributed by atoms with E-state index < -0.39 is 0 Å². The predicted molar refractivity (Wildman–Crippen MR) is 63.4 cm³/mol. The van der Waals surface area contributed by atoms with Crippen LogP contribution in [0.1, 0.15) is 17.5 Å². The first-order valence-corrected chi connectivity index (χ1v) is 5.65. The minimum Gasteiger partial charge on any atom is -0.367 e. The zero-order valence-corrected chi connectivity index (χ0v) is 9.42. The molecule has 0 aliphatic heterocycles. The molecule has 1 aliphatic carbocycles. The van der Waals surface area contributed by atoms with Crippen molar-refractivity contribution in [1.82, 2.24) is 5.16 Å². The molecule has 3 nitrogen and oxygen atoms in total. The topological polar surface area (TPSA) is 52.0 Å². The van der Waals surface area contributed by atoms with Gasteiger partial charge in [-0.15, -0.1) is 0 Å². The summed E-state index contributed by atoms with van der Waals surface area (Å²) in [5.41, 5.74) is 10.1. The highest BCUT2D eigenvalue weighted by Gasteiger charge is 2.17. The maximum atomic E-state index is 6.25. The fourth-order valence-corrected chi connectivity index (χ4v) is 2.61. The molecule has 0 fully saturated rings. The van der Waals surface area contributed by atoms with Gasteiger partial charge in [0.2, 0.25) is 5.88 Å². The van der Waals surface area contributed by atoms with Gasteiger partial charge in [-0.1, -0.05) is 22.8 Å². The van der Waals surface area contributed by atoms with E-state index in [1.807, 2.05) is 6.07 Å². The van der Waals surface area contributed by atoms with Gasteiger partial charge in [-0.05, 0) is 42.0 Å². The minimum absolute atomic E-state index is 0.342. The summed E-state index contributed by atoms with van der Waals surface area (Å²) in [6, 6.07) is 4.08. The molecule has 4 heteroatoms. The fourth-order valence-electron chi connectivity index (χ4n) is 2.27. The molecule has 1 aromatic heterocycles. The monoisotopic (exact) mass is 234 g/mol. The molecule has 1 aliphatic rings. The summed E-state index contributed by atoms with van der Waals surface area (Å²) in [7, 11) is 0. The largest absolute Gasteiger partial charge is 0.367 e. The van der Waals surface area contributed by atoms with Gasteiger partial charge in [0.15, 0.2) is 0 Å². The molecule has 16 heavy (non-hydrogen) atoms. The fraction of sp³-hybridized carbons (Fsp3) is 0.250. The molecule has 1 heterocycles. The Kier molecular flexibility index (Phi) is 2.14. The van der Waals surface area contributed by atoms with Gasteiger partial charge in [-0.3, -0.25) is 0 Å². The summed E-state index contributed by atoms with van der Waals surface area (Å²) >= 11 is 6.25. The van der Waals surface area contributed by atoms with Crippen molar-refractivity contribution in [3.05, 3.63) is 34.5 Å². The number of nitrogens with two attached hydrogens (primary N) is 1. The van der Waals surface area contributed by atoms with E-state index in [0.717, 1.165) is 29.0 Å². The summed E-state index contributed by atoms with van der Waals surface area (Å²) in [6.45, 7) is 0. The molecule has 2 aromatic rings. The SMILES string of the molecule is Nc1oncc1-c1cc(Cl)c2c(c1)CCC2. The van der Waals surface area contributed by atoms with Crippen LogP contribution in [0.4, 0.5) is 5.88 Å². The van der Waals surface area contributed by atoms with Crippen LogP contribution in [0, 0.1) is 0 Å². The molecule has 82 valence electrons. The molecule has 3 rings (SSSR count). The average molecular weight is 235 g/mol. The van der Waals surface area contributed by atoms with E-state index >= 15 is 0 Å². The van der Waals surface area contributed by atoms with Gasteiger partial charge in [-0.25, -0.2) is 0 Å². The van der Waals surface area contributed by atoms with E-state index in [1.54, 1.807) is 6.20 Å². The van der Waals surface area contributed by atoms with Crippen molar-refractivity contribution in [2.75, 3.05) is 5.73 Å². The number of halogens is 1. The zero-order valence-electron chi connectivity index (χ0n) is 8.66. The van der Waals surface area contributed by atoms with E-state index in [9.17, 15) is 0 Å². The van der Waals surface area contributed by atoms with Crippen molar-refractivity contribution in [1.29, 1.82) is 0 Å². The Bertz CT molecular complexity index is 548. The molecule has 0 amide bonds. The first-order chi connectivity index (χ1) is 7.75. The van der Waals surface area contributed by atoms with E-state index in [0.29, 0.717) is 5.88 Å². The Hall–Kier alpha value is -1.48. The first kappa shape index (κ1) is 9.73. The highest BCUT2D eigenvalue weighted by atomic mass is 35.5. The van der Waals surface area contributed by atoms with E-state index in [1.165, 1.54) is 17.5 Å². The molecular weight excluding hydrogens is 224 g/mol. The van der Waals surface area contributed by atoms with E-state index in [4.69, 9.17) is 21.9 Å². The smallest absolute Gasteiger partial charge is 0.229 e. The lowest BCUT2D eigenvalue weighted by Gasteiger charge is -2.05. The van der Waals surface area contributed by atoms with Gasteiger partial charge >= 0.3 is 0 Å². The highest BCUT2D eigenvalue weighted by molar-refractivity contribution is 6.31. The highest BCUT2D eigenvalue weighted by Crippen LogP contribution is 2.35. The van der Waals surface area contributed by atoms with Crippen LogP contribution in [-0.2, 0) is 12.8 Å². The summed E-state index contributed by atoms with van der Waals surface area (Å²) in [6.07, 6.45) is 4.97. The van der Waals surface area contributed by atoms with Crippen LogP contribution >= 0.6 is 11.6 Å². The molecule has 1 aromatic carbocycles. The number of hydrogen-bond acceptors (Lipinski definition) is 3. The number of aromatic nitrogens is 1. The van der Waals surface area contributed by atoms with Gasteiger partial charge in [0.25, 0.3) is 0 Å². The number of benzene rings is 1. The molecule has 0 saturated carbocycles. The quantitative estimate of drug-likeness (QED) is 0.825. The lowest BCUT2D eigenvalue weighted by atomic mass is 10.0. The average Bonchev–Trinajstić information content (AvgIpc) is 2.85. The van der Waals surface area contributed by atoms with Crippen molar-refractivity contribution in [2.45, 2.75) is 19.3 Å². The molecule has 0 spiro atoms. The van der Waals surface area contributed by atoms with Gasteiger partial charge in [-0.2, -0.15) is 0 Å². The van der Waals surface area contributed by atoms with Gasteiger partial charge in [0.1, 0.15) is 0 Å².